The van der Waals surface area contributed by atoms with Crippen LogP contribution in [0.4, 0.5) is 0 Å². The van der Waals surface area contributed by atoms with Crippen LogP contribution in [-0.2, 0) is 4.79 Å². The molecule has 2 unspecified atom stereocenters. The summed E-state index contributed by atoms with van der Waals surface area (Å²) in [5.74, 6) is -0.459. The van der Waals surface area contributed by atoms with Gasteiger partial charge >= 0.3 is 5.97 Å². The molecule has 0 spiro atoms. The van der Waals surface area contributed by atoms with Gasteiger partial charge in [-0.2, -0.15) is 0 Å². The number of carbonyl (C=O) groups excluding carboxylic acids is 2. The van der Waals surface area contributed by atoms with Gasteiger partial charge in [-0.1, -0.05) is 49.2 Å². The Morgan fingerprint density at radius 2 is 1.18 bits per heavy atom. The number of hydrogen-bond acceptors (Lipinski definition) is 5. The van der Waals surface area contributed by atoms with Crippen LogP contribution >= 0.6 is 0 Å². The molecule has 33 heavy (non-hydrogen) atoms. The predicted molar refractivity (Wildman–Crippen MR) is 133 cm³/mol. The highest BCUT2D eigenvalue weighted by Crippen LogP contribution is 2.25. The van der Waals surface area contributed by atoms with Crippen molar-refractivity contribution in [3.63, 3.8) is 0 Å². The number of rotatable bonds is 7. The summed E-state index contributed by atoms with van der Waals surface area (Å²) in [5.41, 5.74) is 5.88. The molecule has 0 aromatic heterocycles. The topological polar surface area (TPSA) is 83.8 Å². The van der Waals surface area contributed by atoms with Crippen molar-refractivity contribution in [2.24, 2.45) is 5.92 Å². The minimum absolute atomic E-state index is 0.333. The normalized spacial score (nSPS) is 12.6. The number of carbonyl (C=O) groups is 2. The smallest absolute Gasteiger partial charge is 0.385 e. The van der Waals surface area contributed by atoms with Crippen LogP contribution in [0.2, 0.25) is 0 Å². The Kier molecular flexibility index (Phi) is 10.9. The first-order valence-corrected chi connectivity index (χ1v) is 11.5. The number of ketones is 1. The average Bonchev–Trinajstić information content (AvgIpc) is 2.62. The molecular formula is C28H40O5. The monoisotopic (exact) mass is 456 g/mol. The molecule has 182 valence electrons. The lowest BCUT2D eigenvalue weighted by molar-refractivity contribution is -0.129. The molecule has 2 rings (SSSR count). The third-order valence-corrected chi connectivity index (χ3v) is 5.25. The number of esters is 1. The molecule has 0 aliphatic heterocycles. The van der Waals surface area contributed by atoms with Crippen molar-refractivity contribution in [1.29, 1.82) is 0 Å². The summed E-state index contributed by atoms with van der Waals surface area (Å²) >= 11 is 0. The van der Waals surface area contributed by atoms with Crippen LogP contribution in [0.5, 0.6) is 5.75 Å². The Morgan fingerprint density at radius 3 is 1.58 bits per heavy atom. The molecule has 5 heteroatoms. The average molecular weight is 457 g/mol. The SMILES string of the molecule is CC(C)CC(O)CC(C)O.Cc1cc(C)c(OC(=O)C(=O)c2c(C)cc(C)cc2C)c(C)c1. The molecule has 0 bridgehead atoms. The zero-order valence-electron chi connectivity index (χ0n) is 21.6. The van der Waals surface area contributed by atoms with Gasteiger partial charge in [-0.05, 0) is 89.5 Å². The Morgan fingerprint density at radius 1 is 0.758 bits per heavy atom. The minimum atomic E-state index is -0.838. The second-order valence-electron chi connectivity index (χ2n) is 9.59. The van der Waals surface area contributed by atoms with Gasteiger partial charge in [0.1, 0.15) is 5.75 Å². The number of hydrogen-bond donors (Lipinski definition) is 2. The summed E-state index contributed by atoms with van der Waals surface area (Å²) in [7, 11) is 0. The molecule has 0 radical (unpaired) electrons. The van der Waals surface area contributed by atoms with E-state index in [-0.39, 0.29) is 12.2 Å². The second-order valence-corrected chi connectivity index (χ2v) is 9.59. The van der Waals surface area contributed by atoms with Gasteiger partial charge in [0.15, 0.2) is 0 Å². The van der Waals surface area contributed by atoms with E-state index in [2.05, 4.69) is 13.8 Å². The Labute approximate surface area is 198 Å². The highest BCUT2D eigenvalue weighted by molar-refractivity contribution is 6.41. The summed E-state index contributed by atoms with van der Waals surface area (Å²) in [6.07, 6.45) is 0.567. The molecular weight excluding hydrogens is 416 g/mol. The molecule has 2 aromatic carbocycles. The molecule has 0 aliphatic rings. The standard InChI is InChI=1S/C20H22O3.C8H18O2/c1-11-7-13(3)17(14(4)8-11)18(21)20(22)23-19-15(5)9-12(2)10-16(19)6;1-6(2)4-8(10)5-7(3)9/h7-10H,1-6H3;6-10H,4-5H2,1-3H3. The van der Waals surface area contributed by atoms with E-state index >= 15 is 0 Å². The molecule has 0 amide bonds. The van der Waals surface area contributed by atoms with Gasteiger partial charge in [0.2, 0.25) is 0 Å². The predicted octanol–water partition coefficient (Wildman–Crippen LogP) is 5.49. The third kappa shape index (κ3) is 9.10. The largest absolute Gasteiger partial charge is 0.420 e. The van der Waals surface area contributed by atoms with Crippen molar-refractivity contribution in [3.8, 4) is 5.75 Å². The molecule has 2 aromatic rings. The summed E-state index contributed by atoms with van der Waals surface area (Å²) in [4.78, 5) is 24.8. The van der Waals surface area contributed by atoms with Gasteiger partial charge in [0.05, 0.1) is 12.2 Å². The second kappa shape index (κ2) is 12.7. The molecule has 0 aliphatic carbocycles. The fraction of sp³-hybridized carbons (Fsp3) is 0.500. The maximum Gasteiger partial charge on any atom is 0.385 e. The van der Waals surface area contributed by atoms with Crippen LogP contribution in [-0.4, -0.2) is 34.2 Å². The minimum Gasteiger partial charge on any atom is -0.420 e. The molecule has 2 N–H and O–H groups in total. The van der Waals surface area contributed by atoms with E-state index in [4.69, 9.17) is 9.84 Å². The van der Waals surface area contributed by atoms with E-state index in [9.17, 15) is 14.7 Å². The van der Waals surface area contributed by atoms with Crippen molar-refractivity contribution in [1.82, 2.24) is 0 Å². The van der Waals surface area contributed by atoms with Crippen LogP contribution in [0, 0.1) is 47.5 Å². The van der Waals surface area contributed by atoms with E-state index in [0.717, 1.165) is 39.8 Å². The maximum absolute atomic E-state index is 12.5. The van der Waals surface area contributed by atoms with E-state index in [0.29, 0.717) is 23.7 Å². The number of aliphatic hydroxyl groups is 2. The summed E-state index contributed by atoms with van der Waals surface area (Å²) in [5, 5.41) is 18.1. The number of aliphatic hydroxyl groups excluding tert-OH is 2. The lowest BCUT2D eigenvalue weighted by Gasteiger charge is -2.13. The number of ether oxygens (including phenoxy) is 1. The van der Waals surface area contributed by atoms with E-state index in [1.54, 1.807) is 6.92 Å². The van der Waals surface area contributed by atoms with E-state index in [1.807, 2.05) is 65.8 Å². The Balaban J connectivity index is 0.000000461. The number of benzene rings is 2. The number of aryl methyl sites for hydroxylation is 6. The summed E-state index contributed by atoms with van der Waals surface area (Å²) in [6.45, 7) is 17.2. The lowest BCUT2D eigenvalue weighted by Crippen LogP contribution is -2.23. The lowest BCUT2D eigenvalue weighted by atomic mass is 9.96. The van der Waals surface area contributed by atoms with Crippen molar-refractivity contribution in [3.05, 3.63) is 63.2 Å². The Hall–Kier alpha value is -2.50. The highest BCUT2D eigenvalue weighted by Gasteiger charge is 2.24. The maximum atomic E-state index is 12.5. The van der Waals surface area contributed by atoms with Crippen LogP contribution in [0.1, 0.15) is 77.4 Å². The van der Waals surface area contributed by atoms with Crippen LogP contribution in [0.15, 0.2) is 24.3 Å². The number of Topliss-reactive ketones (excluding diaryl/α,β-unsaturated/α-hetero) is 1. The van der Waals surface area contributed by atoms with Gasteiger partial charge in [-0.3, -0.25) is 4.79 Å². The van der Waals surface area contributed by atoms with Crippen molar-refractivity contribution >= 4 is 11.8 Å². The molecule has 0 saturated carbocycles. The van der Waals surface area contributed by atoms with Crippen molar-refractivity contribution in [2.45, 2.75) is 87.4 Å². The van der Waals surface area contributed by atoms with Crippen LogP contribution < -0.4 is 4.74 Å². The first-order valence-electron chi connectivity index (χ1n) is 11.5. The molecule has 2 atom stereocenters. The first kappa shape index (κ1) is 28.5. The van der Waals surface area contributed by atoms with Crippen LogP contribution in [0.25, 0.3) is 0 Å². The summed E-state index contributed by atoms with van der Waals surface area (Å²) in [6, 6.07) is 7.66. The first-order chi connectivity index (χ1) is 15.2. The van der Waals surface area contributed by atoms with Gasteiger partial charge in [0, 0.05) is 5.56 Å². The van der Waals surface area contributed by atoms with E-state index < -0.39 is 11.8 Å². The molecule has 0 fully saturated rings. The van der Waals surface area contributed by atoms with Gasteiger partial charge < -0.3 is 14.9 Å². The van der Waals surface area contributed by atoms with Crippen molar-refractivity contribution in [2.75, 3.05) is 0 Å². The zero-order chi connectivity index (χ0) is 25.5. The van der Waals surface area contributed by atoms with Gasteiger partial charge in [0.25, 0.3) is 5.78 Å². The molecule has 0 saturated heterocycles. The Bertz CT molecular complexity index is 916. The van der Waals surface area contributed by atoms with Gasteiger partial charge in [-0.15, -0.1) is 0 Å². The fourth-order valence-corrected chi connectivity index (χ4v) is 4.14. The fourth-order valence-electron chi connectivity index (χ4n) is 4.14. The third-order valence-electron chi connectivity index (χ3n) is 5.25. The van der Waals surface area contributed by atoms with Gasteiger partial charge in [-0.25, -0.2) is 4.79 Å². The van der Waals surface area contributed by atoms with Crippen LogP contribution in [0.3, 0.4) is 0 Å². The van der Waals surface area contributed by atoms with E-state index in [1.165, 1.54) is 0 Å². The molecule has 5 nitrogen and oxygen atoms in total. The quantitative estimate of drug-likeness (QED) is 0.249. The molecule has 0 heterocycles. The highest BCUT2D eigenvalue weighted by atomic mass is 16.5. The van der Waals surface area contributed by atoms with Crippen molar-refractivity contribution < 1.29 is 24.5 Å². The summed E-state index contributed by atoms with van der Waals surface area (Å²) < 4.78 is 5.40. The zero-order valence-corrected chi connectivity index (χ0v) is 21.6.